The van der Waals surface area contributed by atoms with Gasteiger partial charge in [-0.25, -0.2) is 4.79 Å². The molecule has 0 aliphatic heterocycles. The molecule has 0 unspecified atom stereocenters. The minimum absolute atomic E-state index is 0.174. The molecule has 0 aromatic carbocycles. The predicted octanol–water partition coefficient (Wildman–Crippen LogP) is 0.128. The van der Waals surface area contributed by atoms with Crippen molar-refractivity contribution in [1.29, 1.82) is 0 Å². The van der Waals surface area contributed by atoms with E-state index in [9.17, 15) is 9.59 Å². The van der Waals surface area contributed by atoms with Crippen molar-refractivity contribution in [2.45, 2.75) is 32.4 Å². The molecule has 0 fully saturated rings. The van der Waals surface area contributed by atoms with Crippen LogP contribution in [0, 0.1) is 0 Å². The van der Waals surface area contributed by atoms with Gasteiger partial charge in [0, 0.05) is 5.75 Å². The van der Waals surface area contributed by atoms with Gasteiger partial charge in [0.2, 0.25) is 0 Å². The number of esters is 2. The third kappa shape index (κ3) is 7.21. The van der Waals surface area contributed by atoms with E-state index < -0.39 is 30.2 Å². The summed E-state index contributed by atoms with van der Waals surface area (Å²) in [4.78, 5) is 22.2. The van der Waals surface area contributed by atoms with Crippen molar-refractivity contribution in [1.82, 2.24) is 0 Å². The Bertz CT molecular complexity index is 237. The van der Waals surface area contributed by atoms with E-state index in [1.54, 1.807) is 20.8 Å². The molecular formula is C9H17NO4S. The Balaban J connectivity index is 3.87. The molecule has 0 aliphatic carbocycles. The number of carbonyl (C=O) groups is 2. The van der Waals surface area contributed by atoms with Crippen LogP contribution in [0.3, 0.4) is 0 Å². The van der Waals surface area contributed by atoms with Crippen LogP contribution in [0.5, 0.6) is 0 Å². The molecule has 0 aromatic rings. The number of hydrogen-bond acceptors (Lipinski definition) is 6. The van der Waals surface area contributed by atoms with Gasteiger partial charge in [-0.2, -0.15) is 12.6 Å². The van der Waals surface area contributed by atoms with E-state index in [0.717, 1.165) is 0 Å². The first kappa shape index (κ1) is 14.2. The molecule has 5 nitrogen and oxygen atoms in total. The first-order valence-corrected chi connectivity index (χ1v) is 5.14. The Kier molecular flexibility index (Phi) is 5.67. The van der Waals surface area contributed by atoms with Crippen LogP contribution in [0.25, 0.3) is 0 Å². The Morgan fingerprint density at radius 2 is 1.93 bits per heavy atom. The smallest absolute Gasteiger partial charge is 0.344 e. The van der Waals surface area contributed by atoms with Crippen molar-refractivity contribution >= 4 is 24.6 Å². The molecular weight excluding hydrogens is 218 g/mol. The van der Waals surface area contributed by atoms with Crippen LogP contribution >= 0.6 is 12.6 Å². The molecule has 88 valence electrons. The van der Waals surface area contributed by atoms with Gasteiger partial charge in [0.1, 0.15) is 11.6 Å². The number of rotatable bonds is 4. The molecule has 2 N–H and O–H groups in total. The lowest BCUT2D eigenvalue weighted by molar-refractivity contribution is -0.166. The molecule has 1 atom stereocenters. The minimum atomic E-state index is -0.809. The molecule has 0 bridgehead atoms. The lowest BCUT2D eigenvalue weighted by Crippen LogP contribution is -2.36. The van der Waals surface area contributed by atoms with E-state index in [4.69, 9.17) is 10.5 Å². The molecule has 6 heteroatoms. The van der Waals surface area contributed by atoms with Gasteiger partial charge in [-0.3, -0.25) is 4.79 Å². The van der Waals surface area contributed by atoms with Crippen molar-refractivity contribution in [3.63, 3.8) is 0 Å². The standard InChI is InChI=1S/C9H17NO4S/c1-9(2,3)14-7(11)4-13-8(12)6(10)5-15/h6,15H,4-5,10H2,1-3H3/t6-/m0/s1. The molecule has 0 aromatic heterocycles. The highest BCUT2D eigenvalue weighted by Crippen LogP contribution is 2.06. The Labute approximate surface area is 94.7 Å². The SMILES string of the molecule is CC(C)(C)OC(=O)COC(=O)[C@@H](N)CS. The largest absolute Gasteiger partial charge is 0.457 e. The number of carbonyl (C=O) groups excluding carboxylic acids is 2. The molecule has 0 heterocycles. The normalized spacial score (nSPS) is 13.1. The fourth-order valence-electron chi connectivity index (χ4n) is 0.683. The third-order valence-corrected chi connectivity index (χ3v) is 1.65. The van der Waals surface area contributed by atoms with Gasteiger partial charge in [0.15, 0.2) is 6.61 Å². The van der Waals surface area contributed by atoms with E-state index in [2.05, 4.69) is 17.4 Å². The summed E-state index contributed by atoms with van der Waals surface area (Å²) in [5, 5.41) is 0. The summed E-state index contributed by atoms with van der Waals surface area (Å²) in [5.74, 6) is -1.08. The average molecular weight is 235 g/mol. The van der Waals surface area contributed by atoms with Crippen LogP contribution < -0.4 is 5.73 Å². The zero-order valence-electron chi connectivity index (χ0n) is 9.15. The summed E-state index contributed by atoms with van der Waals surface area (Å²) in [5.41, 5.74) is 4.74. The van der Waals surface area contributed by atoms with E-state index in [-0.39, 0.29) is 5.75 Å². The lowest BCUT2D eigenvalue weighted by Gasteiger charge is -2.19. The topological polar surface area (TPSA) is 78.6 Å². The lowest BCUT2D eigenvalue weighted by atomic mass is 10.2. The van der Waals surface area contributed by atoms with Crippen LogP contribution in [0.1, 0.15) is 20.8 Å². The summed E-state index contributed by atoms with van der Waals surface area (Å²) < 4.78 is 9.54. The summed E-state index contributed by atoms with van der Waals surface area (Å²) >= 11 is 3.83. The highest BCUT2D eigenvalue weighted by atomic mass is 32.1. The maximum atomic E-state index is 11.1. The van der Waals surface area contributed by atoms with Gasteiger partial charge in [-0.1, -0.05) is 0 Å². The van der Waals surface area contributed by atoms with Crippen LogP contribution in [0.15, 0.2) is 0 Å². The molecule has 0 saturated heterocycles. The third-order valence-electron chi connectivity index (χ3n) is 1.25. The number of nitrogens with two attached hydrogens (primary N) is 1. The fourth-order valence-corrected chi connectivity index (χ4v) is 0.832. The minimum Gasteiger partial charge on any atom is -0.457 e. The van der Waals surface area contributed by atoms with Crippen molar-refractivity contribution in [2.75, 3.05) is 12.4 Å². The van der Waals surface area contributed by atoms with Crippen LogP contribution in [0.4, 0.5) is 0 Å². The van der Waals surface area contributed by atoms with E-state index in [1.165, 1.54) is 0 Å². The number of hydrogen-bond donors (Lipinski definition) is 2. The zero-order valence-corrected chi connectivity index (χ0v) is 10.0. The molecule has 0 spiro atoms. The maximum absolute atomic E-state index is 11.1. The summed E-state index contributed by atoms with van der Waals surface area (Å²) in [7, 11) is 0. The van der Waals surface area contributed by atoms with Crippen LogP contribution in [-0.4, -0.2) is 35.9 Å². The Hall–Kier alpha value is -0.750. The van der Waals surface area contributed by atoms with E-state index in [1.807, 2.05) is 0 Å². The summed E-state index contributed by atoms with van der Waals surface area (Å²) in [6.07, 6.45) is 0. The number of thiol groups is 1. The monoisotopic (exact) mass is 235 g/mol. The van der Waals surface area contributed by atoms with Gasteiger partial charge < -0.3 is 15.2 Å². The van der Waals surface area contributed by atoms with Crippen molar-refractivity contribution < 1.29 is 19.1 Å². The molecule has 0 amide bonds. The van der Waals surface area contributed by atoms with E-state index >= 15 is 0 Å². The zero-order chi connectivity index (χ0) is 12.1. The fraction of sp³-hybridized carbons (Fsp3) is 0.778. The average Bonchev–Trinajstić information content (AvgIpc) is 2.10. The summed E-state index contributed by atoms with van der Waals surface area (Å²) in [6.45, 7) is 4.77. The molecule has 15 heavy (non-hydrogen) atoms. The summed E-state index contributed by atoms with van der Waals surface area (Å²) in [6, 6.07) is -0.809. The Morgan fingerprint density at radius 3 is 2.33 bits per heavy atom. The van der Waals surface area contributed by atoms with Gasteiger partial charge in [0.05, 0.1) is 0 Å². The van der Waals surface area contributed by atoms with Crippen molar-refractivity contribution in [3.8, 4) is 0 Å². The highest BCUT2D eigenvalue weighted by molar-refractivity contribution is 7.80. The second-order valence-electron chi connectivity index (χ2n) is 3.98. The van der Waals surface area contributed by atoms with Gasteiger partial charge in [0.25, 0.3) is 0 Å². The van der Waals surface area contributed by atoms with Crippen molar-refractivity contribution in [3.05, 3.63) is 0 Å². The van der Waals surface area contributed by atoms with E-state index in [0.29, 0.717) is 0 Å². The quantitative estimate of drug-likeness (QED) is 0.535. The van der Waals surface area contributed by atoms with Crippen LogP contribution in [-0.2, 0) is 19.1 Å². The molecule has 0 saturated carbocycles. The molecule has 0 radical (unpaired) electrons. The first-order valence-electron chi connectivity index (χ1n) is 4.51. The van der Waals surface area contributed by atoms with Gasteiger partial charge in [-0.15, -0.1) is 0 Å². The maximum Gasteiger partial charge on any atom is 0.344 e. The number of ether oxygens (including phenoxy) is 2. The highest BCUT2D eigenvalue weighted by Gasteiger charge is 2.19. The molecule has 0 rings (SSSR count). The predicted molar refractivity (Wildman–Crippen MR) is 58.6 cm³/mol. The Morgan fingerprint density at radius 1 is 1.40 bits per heavy atom. The second-order valence-corrected chi connectivity index (χ2v) is 4.35. The van der Waals surface area contributed by atoms with Gasteiger partial charge >= 0.3 is 11.9 Å². The van der Waals surface area contributed by atoms with Crippen molar-refractivity contribution in [2.24, 2.45) is 5.73 Å². The first-order chi connectivity index (χ1) is 6.76. The molecule has 0 aliphatic rings. The van der Waals surface area contributed by atoms with Crippen LogP contribution in [0.2, 0.25) is 0 Å². The second kappa shape index (κ2) is 5.97. The van der Waals surface area contributed by atoms with Gasteiger partial charge in [-0.05, 0) is 20.8 Å².